The summed E-state index contributed by atoms with van der Waals surface area (Å²) in [6, 6.07) is 8.03. The Bertz CT molecular complexity index is 1190. The van der Waals surface area contributed by atoms with E-state index in [1.165, 1.54) is 12.1 Å². The Hall–Kier alpha value is -3.33. The van der Waals surface area contributed by atoms with E-state index in [2.05, 4.69) is 23.9 Å². The molecule has 0 aliphatic carbocycles. The Morgan fingerprint density at radius 3 is 2.59 bits per heavy atom. The average Bonchev–Trinajstić information content (AvgIpc) is 3.25. The zero-order valence-electron chi connectivity index (χ0n) is 20.0. The van der Waals surface area contributed by atoms with E-state index in [0.717, 1.165) is 11.1 Å². The Labute approximate surface area is 198 Å². The highest BCUT2D eigenvalue weighted by Gasteiger charge is 2.31. The van der Waals surface area contributed by atoms with Gasteiger partial charge in [0.25, 0.3) is 5.91 Å². The largest absolute Gasteiger partial charge is 0.384 e. The van der Waals surface area contributed by atoms with Gasteiger partial charge in [0.1, 0.15) is 11.5 Å². The molecule has 1 saturated heterocycles. The summed E-state index contributed by atoms with van der Waals surface area (Å²) in [5.41, 5.74) is 3.37. The van der Waals surface area contributed by atoms with E-state index >= 15 is 0 Å². The molecule has 1 aromatic carbocycles. The number of fused-ring (bicyclic) bond motifs is 1. The van der Waals surface area contributed by atoms with Crippen LogP contribution in [0.4, 0.5) is 4.39 Å². The molecule has 0 bridgehead atoms. The summed E-state index contributed by atoms with van der Waals surface area (Å²) < 4.78 is 20.0. The molecule has 2 amide bonds. The summed E-state index contributed by atoms with van der Waals surface area (Å²) in [6.45, 7) is 7.81. The maximum Gasteiger partial charge on any atom is 0.274 e. The molecule has 0 unspecified atom stereocenters. The lowest BCUT2D eigenvalue weighted by molar-refractivity contribution is -0.136. The minimum absolute atomic E-state index is 0.0354. The second-order valence-electron chi connectivity index (χ2n) is 8.97. The van der Waals surface area contributed by atoms with Gasteiger partial charge in [-0.25, -0.2) is 13.9 Å². The van der Waals surface area contributed by atoms with Crippen LogP contribution in [0.15, 0.2) is 36.5 Å². The zero-order valence-corrected chi connectivity index (χ0v) is 20.0. The van der Waals surface area contributed by atoms with E-state index in [-0.39, 0.29) is 29.6 Å². The fourth-order valence-electron chi connectivity index (χ4n) is 4.30. The van der Waals surface area contributed by atoms with Crippen LogP contribution in [0.5, 0.6) is 0 Å². The summed E-state index contributed by atoms with van der Waals surface area (Å²) in [6.07, 6.45) is 1.98. The fraction of sp³-hybridized carbons (Fsp3) is 0.440. The number of hydrogen-bond acceptors (Lipinski definition) is 5. The summed E-state index contributed by atoms with van der Waals surface area (Å²) in [4.78, 5) is 33.9. The lowest BCUT2D eigenvalue weighted by atomic mass is 10.0. The number of rotatable bonds is 6. The van der Waals surface area contributed by atoms with Gasteiger partial charge < -0.3 is 14.5 Å². The first kappa shape index (κ1) is 23.8. The molecular weight excluding hydrogens is 437 g/mol. The van der Waals surface area contributed by atoms with Crippen LogP contribution in [0.25, 0.3) is 16.9 Å². The molecule has 8 nitrogen and oxygen atoms in total. The number of amides is 2. The summed E-state index contributed by atoms with van der Waals surface area (Å²) in [5.74, 6) is -0.302. The van der Waals surface area contributed by atoms with Gasteiger partial charge in [0.15, 0.2) is 5.65 Å². The van der Waals surface area contributed by atoms with Crippen molar-refractivity contribution in [3.63, 3.8) is 0 Å². The number of ether oxygens (including phenoxy) is 1. The second-order valence-corrected chi connectivity index (χ2v) is 8.97. The molecule has 2 aromatic heterocycles. The van der Waals surface area contributed by atoms with Crippen molar-refractivity contribution >= 4 is 17.5 Å². The highest BCUT2D eigenvalue weighted by atomic mass is 19.1. The smallest absolute Gasteiger partial charge is 0.274 e. The third-order valence-electron chi connectivity index (χ3n) is 6.19. The predicted molar refractivity (Wildman–Crippen MR) is 126 cm³/mol. The predicted octanol–water partition coefficient (Wildman–Crippen LogP) is 3.37. The Morgan fingerprint density at radius 1 is 1.21 bits per heavy atom. The molecule has 1 aliphatic heterocycles. The standard InChI is InChI=1S/C25H30FN5O3/c1-16(2)20-13-21(18-5-7-19(26)8-6-18)28-31-15-22(27-24(20)31)25(33)29-10-11-30(17(3)14-29)23(32)9-12-34-4/h5-8,13,15-17H,9-12,14H2,1-4H3/t17-/m0/s1. The summed E-state index contributed by atoms with van der Waals surface area (Å²) in [7, 11) is 1.57. The van der Waals surface area contributed by atoms with Crippen molar-refractivity contribution < 1.29 is 18.7 Å². The Balaban J connectivity index is 1.59. The van der Waals surface area contributed by atoms with Crippen LogP contribution >= 0.6 is 0 Å². The van der Waals surface area contributed by atoms with Crippen molar-refractivity contribution in [2.45, 2.75) is 39.2 Å². The lowest BCUT2D eigenvalue weighted by Gasteiger charge is -2.39. The normalized spacial score (nSPS) is 16.5. The SMILES string of the molecule is COCCC(=O)N1CCN(C(=O)c2cn3nc(-c4ccc(F)cc4)cc(C(C)C)c3n2)C[C@@H]1C. The minimum atomic E-state index is -0.306. The van der Waals surface area contributed by atoms with Crippen molar-refractivity contribution in [3.8, 4) is 11.3 Å². The molecule has 1 fully saturated rings. The molecule has 34 heavy (non-hydrogen) atoms. The van der Waals surface area contributed by atoms with Gasteiger partial charge in [-0.2, -0.15) is 5.10 Å². The first-order chi connectivity index (χ1) is 16.3. The van der Waals surface area contributed by atoms with Crippen LogP contribution in [0.3, 0.4) is 0 Å². The molecule has 1 atom stereocenters. The van der Waals surface area contributed by atoms with Crippen molar-refractivity contribution in [1.29, 1.82) is 0 Å². The molecular formula is C25H30FN5O3. The third kappa shape index (κ3) is 4.79. The molecule has 0 spiro atoms. The number of imidazole rings is 1. The number of nitrogens with zero attached hydrogens (tertiary/aromatic N) is 5. The number of piperazine rings is 1. The van der Waals surface area contributed by atoms with Crippen LogP contribution in [0.2, 0.25) is 0 Å². The van der Waals surface area contributed by atoms with Crippen LogP contribution in [0, 0.1) is 5.82 Å². The highest BCUT2D eigenvalue weighted by Crippen LogP contribution is 2.26. The molecule has 9 heteroatoms. The maximum absolute atomic E-state index is 13.4. The minimum Gasteiger partial charge on any atom is -0.384 e. The molecule has 3 aromatic rings. The number of methoxy groups -OCH3 is 1. The van der Waals surface area contributed by atoms with E-state index in [4.69, 9.17) is 4.74 Å². The van der Waals surface area contributed by atoms with Crippen LogP contribution < -0.4 is 0 Å². The van der Waals surface area contributed by atoms with Gasteiger partial charge in [-0.05, 0) is 43.2 Å². The molecule has 3 heterocycles. The van der Waals surface area contributed by atoms with Gasteiger partial charge in [-0.15, -0.1) is 0 Å². The van der Waals surface area contributed by atoms with Gasteiger partial charge in [-0.1, -0.05) is 13.8 Å². The van der Waals surface area contributed by atoms with Crippen LogP contribution in [-0.4, -0.2) is 75.6 Å². The zero-order chi connectivity index (χ0) is 24.4. The Morgan fingerprint density at radius 2 is 1.94 bits per heavy atom. The maximum atomic E-state index is 13.4. The average molecular weight is 468 g/mol. The van der Waals surface area contributed by atoms with E-state index < -0.39 is 0 Å². The molecule has 0 saturated carbocycles. The van der Waals surface area contributed by atoms with Gasteiger partial charge >= 0.3 is 0 Å². The van der Waals surface area contributed by atoms with Crippen LogP contribution in [0.1, 0.15) is 49.2 Å². The van der Waals surface area contributed by atoms with E-state index in [9.17, 15) is 14.0 Å². The number of carbonyl (C=O) groups excluding carboxylic acids is 2. The van der Waals surface area contributed by atoms with Crippen molar-refractivity contribution in [3.05, 3.63) is 53.6 Å². The van der Waals surface area contributed by atoms with Crippen molar-refractivity contribution in [1.82, 2.24) is 24.4 Å². The quantitative estimate of drug-likeness (QED) is 0.555. The first-order valence-electron chi connectivity index (χ1n) is 11.5. The highest BCUT2D eigenvalue weighted by molar-refractivity contribution is 5.93. The number of aromatic nitrogens is 3. The second kappa shape index (κ2) is 9.89. The molecule has 4 rings (SSSR count). The molecule has 180 valence electrons. The molecule has 0 radical (unpaired) electrons. The summed E-state index contributed by atoms with van der Waals surface area (Å²) >= 11 is 0. The van der Waals surface area contributed by atoms with Gasteiger partial charge in [0.05, 0.1) is 24.9 Å². The summed E-state index contributed by atoms with van der Waals surface area (Å²) in [5, 5.41) is 4.64. The number of carbonyl (C=O) groups is 2. The van der Waals surface area contributed by atoms with E-state index in [0.29, 0.717) is 49.7 Å². The number of benzene rings is 1. The van der Waals surface area contributed by atoms with Gasteiger partial charge in [0.2, 0.25) is 5.91 Å². The van der Waals surface area contributed by atoms with E-state index in [1.807, 2.05) is 13.0 Å². The van der Waals surface area contributed by atoms with Crippen molar-refractivity contribution in [2.75, 3.05) is 33.4 Å². The third-order valence-corrected chi connectivity index (χ3v) is 6.19. The van der Waals surface area contributed by atoms with Crippen molar-refractivity contribution in [2.24, 2.45) is 0 Å². The monoisotopic (exact) mass is 467 g/mol. The van der Waals surface area contributed by atoms with Gasteiger partial charge in [0, 0.05) is 43.9 Å². The van der Waals surface area contributed by atoms with Crippen LogP contribution in [-0.2, 0) is 9.53 Å². The number of halogens is 1. The Kier molecular flexibility index (Phi) is 6.92. The van der Waals surface area contributed by atoms with E-state index in [1.54, 1.807) is 39.8 Å². The molecule has 1 aliphatic rings. The fourth-order valence-corrected chi connectivity index (χ4v) is 4.30. The molecule has 0 N–H and O–H groups in total. The van der Waals surface area contributed by atoms with Gasteiger partial charge in [-0.3, -0.25) is 9.59 Å². The topological polar surface area (TPSA) is 80.0 Å². The lowest BCUT2D eigenvalue weighted by Crippen LogP contribution is -2.55. The number of hydrogen-bond donors (Lipinski definition) is 0. The first-order valence-corrected chi connectivity index (χ1v) is 11.5.